The number of carbonyl (C=O) groups excluding carboxylic acids is 1. The third-order valence-electron chi connectivity index (χ3n) is 1.80. The van der Waals surface area contributed by atoms with E-state index in [4.69, 9.17) is 10.2 Å². The molecular weight excluding hydrogens is 232 g/mol. The number of carboxylic acids is 1. The molecule has 17 heavy (non-hydrogen) atoms. The van der Waals surface area contributed by atoms with Crippen molar-refractivity contribution in [2.24, 2.45) is 0 Å². The van der Waals surface area contributed by atoms with Gasteiger partial charge in [0, 0.05) is 13.0 Å². The number of hydrogen-bond acceptors (Lipinski definition) is 6. The van der Waals surface area contributed by atoms with E-state index in [1.165, 1.54) is 0 Å². The molecule has 9 nitrogen and oxygen atoms in total. The van der Waals surface area contributed by atoms with Crippen LogP contribution in [0, 0.1) is 0 Å². The van der Waals surface area contributed by atoms with Crippen LogP contribution in [0.5, 0.6) is 0 Å². The fourth-order valence-electron chi connectivity index (χ4n) is 0.938. The molecule has 1 rings (SSSR count). The van der Waals surface area contributed by atoms with E-state index in [-0.39, 0.29) is 19.5 Å². The molecule has 0 aromatic carbocycles. The molecule has 1 aromatic heterocycles. The lowest BCUT2D eigenvalue weighted by Gasteiger charge is -2.07. The van der Waals surface area contributed by atoms with Gasteiger partial charge >= 0.3 is 12.0 Å². The monoisotopic (exact) mass is 244 g/mol. The van der Waals surface area contributed by atoms with E-state index < -0.39 is 18.1 Å². The maximum absolute atomic E-state index is 11.2. The Balaban J connectivity index is 2.11. The predicted octanol–water partition coefficient (Wildman–Crippen LogP) is -1.30. The molecule has 0 bridgehead atoms. The van der Waals surface area contributed by atoms with Gasteiger partial charge in [-0.1, -0.05) is 5.16 Å². The highest BCUT2D eigenvalue weighted by molar-refractivity contribution is 5.74. The first-order valence-corrected chi connectivity index (χ1v) is 4.77. The minimum absolute atomic E-state index is 0.0472. The first kappa shape index (κ1) is 12.9. The lowest BCUT2D eigenvalue weighted by molar-refractivity contribution is -0.146. The molecule has 1 atom stereocenters. The third kappa shape index (κ3) is 4.93. The van der Waals surface area contributed by atoms with Crippen molar-refractivity contribution >= 4 is 12.0 Å². The van der Waals surface area contributed by atoms with Crippen molar-refractivity contribution in [1.29, 1.82) is 0 Å². The zero-order valence-electron chi connectivity index (χ0n) is 8.79. The molecule has 9 heteroatoms. The number of aliphatic hydroxyl groups is 1. The Bertz CT molecular complexity index is 366. The summed E-state index contributed by atoms with van der Waals surface area (Å²) in [5.41, 5.74) is 0. The second-order valence-electron chi connectivity index (χ2n) is 3.10. The number of rotatable bonds is 6. The molecule has 0 aliphatic rings. The zero-order chi connectivity index (χ0) is 12.7. The van der Waals surface area contributed by atoms with Crippen LogP contribution in [0.2, 0.25) is 0 Å². The summed E-state index contributed by atoms with van der Waals surface area (Å²) in [6, 6.07) is -0.507. The van der Waals surface area contributed by atoms with Gasteiger partial charge in [0.1, 0.15) is 0 Å². The largest absolute Gasteiger partial charge is 0.479 e. The van der Waals surface area contributed by atoms with Crippen LogP contribution >= 0.6 is 0 Å². The summed E-state index contributed by atoms with van der Waals surface area (Å²) in [5, 5.41) is 25.6. The van der Waals surface area contributed by atoms with Crippen LogP contribution in [-0.2, 0) is 11.3 Å². The van der Waals surface area contributed by atoms with E-state index in [0.717, 1.165) is 6.39 Å². The number of carbonyl (C=O) groups is 2. The van der Waals surface area contributed by atoms with Gasteiger partial charge in [-0.2, -0.15) is 4.98 Å². The second-order valence-corrected chi connectivity index (χ2v) is 3.10. The van der Waals surface area contributed by atoms with Crippen molar-refractivity contribution in [3.8, 4) is 0 Å². The number of nitrogens with zero attached hydrogens (tertiary/aromatic N) is 2. The van der Waals surface area contributed by atoms with Gasteiger partial charge in [-0.3, -0.25) is 0 Å². The van der Waals surface area contributed by atoms with Gasteiger partial charge in [-0.25, -0.2) is 9.59 Å². The summed E-state index contributed by atoms with van der Waals surface area (Å²) in [4.78, 5) is 25.1. The summed E-state index contributed by atoms with van der Waals surface area (Å²) in [5.74, 6) is -0.996. The van der Waals surface area contributed by atoms with Gasteiger partial charge in [0.25, 0.3) is 0 Å². The maximum atomic E-state index is 11.2. The number of urea groups is 1. The molecule has 1 unspecified atom stereocenters. The van der Waals surface area contributed by atoms with E-state index in [1.54, 1.807) is 0 Å². The topological polar surface area (TPSA) is 138 Å². The molecule has 0 aliphatic carbocycles. The highest BCUT2D eigenvalue weighted by Crippen LogP contribution is 1.90. The Morgan fingerprint density at radius 2 is 2.24 bits per heavy atom. The second kappa shape index (κ2) is 6.43. The van der Waals surface area contributed by atoms with Crippen molar-refractivity contribution in [2.45, 2.75) is 19.1 Å². The van der Waals surface area contributed by atoms with Crippen LogP contribution in [0.1, 0.15) is 12.2 Å². The third-order valence-corrected chi connectivity index (χ3v) is 1.80. The van der Waals surface area contributed by atoms with E-state index >= 15 is 0 Å². The molecule has 0 saturated heterocycles. The molecule has 0 aliphatic heterocycles. The standard InChI is InChI=1S/C8H12N4O5/c13-5(7(14)15)1-2-9-8(16)10-3-6-11-4-17-12-6/h4-5,13H,1-3H2,(H,14,15)(H2,9,10,16). The summed E-state index contributed by atoms with van der Waals surface area (Å²) < 4.78 is 4.45. The number of nitrogens with one attached hydrogen (secondary N) is 2. The van der Waals surface area contributed by atoms with Crippen molar-refractivity contribution in [1.82, 2.24) is 20.8 Å². The maximum Gasteiger partial charge on any atom is 0.332 e. The molecule has 4 N–H and O–H groups in total. The Kier molecular flexibility index (Phi) is 4.88. The van der Waals surface area contributed by atoms with Crippen molar-refractivity contribution in [2.75, 3.05) is 6.54 Å². The van der Waals surface area contributed by atoms with Gasteiger partial charge in [-0.15, -0.1) is 0 Å². The van der Waals surface area contributed by atoms with Crippen LogP contribution in [0.25, 0.3) is 0 Å². The van der Waals surface area contributed by atoms with Crippen molar-refractivity contribution in [3.63, 3.8) is 0 Å². The molecule has 94 valence electrons. The first-order chi connectivity index (χ1) is 8.09. The highest BCUT2D eigenvalue weighted by Gasteiger charge is 2.12. The average Bonchev–Trinajstić information content (AvgIpc) is 2.78. The van der Waals surface area contributed by atoms with E-state index in [1.807, 2.05) is 0 Å². The zero-order valence-corrected chi connectivity index (χ0v) is 8.79. The molecular formula is C8H12N4O5. The number of hydrogen-bond donors (Lipinski definition) is 4. The SMILES string of the molecule is O=C(NCCC(O)C(=O)O)NCc1ncon1. The average molecular weight is 244 g/mol. The quantitative estimate of drug-likeness (QED) is 0.488. The van der Waals surface area contributed by atoms with Crippen molar-refractivity contribution in [3.05, 3.63) is 12.2 Å². The van der Waals surface area contributed by atoms with Gasteiger partial charge < -0.3 is 25.4 Å². The first-order valence-electron chi connectivity index (χ1n) is 4.77. The predicted molar refractivity (Wildman–Crippen MR) is 52.8 cm³/mol. The molecule has 1 heterocycles. The number of aliphatic carboxylic acids is 1. The molecule has 0 fully saturated rings. The Labute approximate surface area is 95.8 Å². The summed E-state index contributed by atoms with van der Waals surface area (Å²) >= 11 is 0. The van der Waals surface area contributed by atoms with Crippen LogP contribution in [0.3, 0.4) is 0 Å². The van der Waals surface area contributed by atoms with Crippen LogP contribution in [-0.4, -0.2) is 45.0 Å². The molecule has 1 aromatic rings. The smallest absolute Gasteiger partial charge is 0.332 e. The summed E-state index contributed by atoms with van der Waals surface area (Å²) in [6.45, 7) is 0.148. The summed E-state index contributed by atoms with van der Waals surface area (Å²) in [7, 11) is 0. The minimum Gasteiger partial charge on any atom is -0.479 e. The van der Waals surface area contributed by atoms with Gasteiger partial charge in [0.05, 0.1) is 6.54 Å². The van der Waals surface area contributed by atoms with E-state index in [9.17, 15) is 9.59 Å². The van der Waals surface area contributed by atoms with Crippen LogP contribution < -0.4 is 10.6 Å². The molecule has 2 amide bonds. The molecule has 0 radical (unpaired) electrons. The Morgan fingerprint density at radius 1 is 1.47 bits per heavy atom. The lowest BCUT2D eigenvalue weighted by Crippen LogP contribution is -2.37. The highest BCUT2D eigenvalue weighted by atomic mass is 16.5. The van der Waals surface area contributed by atoms with E-state index in [2.05, 4.69) is 25.3 Å². The number of amides is 2. The molecule has 0 spiro atoms. The minimum atomic E-state index is -1.48. The van der Waals surface area contributed by atoms with Crippen LogP contribution in [0.15, 0.2) is 10.9 Å². The van der Waals surface area contributed by atoms with Crippen molar-refractivity contribution < 1.29 is 24.3 Å². The van der Waals surface area contributed by atoms with E-state index in [0.29, 0.717) is 5.82 Å². The fourth-order valence-corrected chi connectivity index (χ4v) is 0.938. The Hall–Kier alpha value is -2.16. The molecule has 0 saturated carbocycles. The van der Waals surface area contributed by atoms with Gasteiger partial charge in [-0.05, 0) is 0 Å². The fraction of sp³-hybridized carbons (Fsp3) is 0.500. The summed E-state index contributed by atoms with van der Waals surface area (Å²) in [6.07, 6.45) is -0.407. The van der Waals surface area contributed by atoms with Gasteiger partial charge in [0.15, 0.2) is 11.9 Å². The normalized spacial score (nSPS) is 11.8. The number of aliphatic hydroxyl groups excluding tert-OH is 1. The number of carboxylic acid groups (broad SMARTS) is 1. The van der Waals surface area contributed by atoms with Gasteiger partial charge in [0.2, 0.25) is 6.39 Å². The Morgan fingerprint density at radius 3 is 2.82 bits per heavy atom. The lowest BCUT2D eigenvalue weighted by atomic mass is 10.2. The number of aromatic nitrogens is 2. The van der Waals surface area contributed by atoms with Crippen LogP contribution in [0.4, 0.5) is 4.79 Å².